The van der Waals surface area contributed by atoms with Crippen LogP contribution in [0.2, 0.25) is 10.0 Å². The number of rotatable bonds is 7. The molecule has 0 bridgehead atoms. The fraction of sp³-hybridized carbons (Fsp3) is 0.350. The van der Waals surface area contributed by atoms with E-state index in [2.05, 4.69) is 12.1 Å². The molecule has 0 heterocycles. The Morgan fingerprint density at radius 3 is 2.48 bits per heavy atom. The van der Waals surface area contributed by atoms with Crippen molar-refractivity contribution in [2.24, 2.45) is 5.41 Å². The first kappa shape index (κ1) is 20.2. The summed E-state index contributed by atoms with van der Waals surface area (Å²) in [6.07, 6.45) is 0.716. The maximum absolute atomic E-state index is 12.2. The monoisotopic (exact) mass is 396 g/mol. The summed E-state index contributed by atoms with van der Waals surface area (Å²) in [6.45, 7) is 5.83. The Kier molecular flexibility index (Phi) is 7.24. The van der Waals surface area contributed by atoms with Gasteiger partial charge in [-0.25, -0.2) is 0 Å². The number of thioether (sulfide) groups is 1. The van der Waals surface area contributed by atoms with Crippen LogP contribution in [0, 0.1) is 5.41 Å². The lowest BCUT2D eigenvalue weighted by Gasteiger charge is -2.20. The number of carbonyl (C=O) groups is 1. The second-order valence-corrected chi connectivity index (χ2v) is 8.30. The fourth-order valence-corrected chi connectivity index (χ4v) is 3.66. The minimum Gasteiger partial charge on any atom is -0.460 e. The summed E-state index contributed by atoms with van der Waals surface area (Å²) < 4.78 is 5.45. The Morgan fingerprint density at radius 2 is 1.84 bits per heavy atom. The SMILES string of the molecule is CCC(C)(C)C(=O)OCc1cc(Cl)cc(SCc2ccccc2)c1Cl. The summed E-state index contributed by atoms with van der Waals surface area (Å²) in [4.78, 5) is 13.0. The topological polar surface area (TPSA) is 26.3 Å². The first-order chi connectivity index (χ1) is 11.8. The highest BCUT2D eigenvalue weighted by Gasteiger charge is 2.27. The van der Waals surface area contributed by atoms with Crippen LogP contribution in [0.3, 0.4) is 0 Å². The molecule has 2 rings (SSSR count). The molecule has 0 aliphatic heterocycles. The number of hydrogen-bond acceptors (Lipinski definition) is 3. The normalized spacial score (nSPS) is 11.4. The van der Waals surface area contributed by atoms with E-state index in [1.165, 1.54) is 5.56 Å². The molecule has 0 spiro atoms. The average Bonchev–Trinajstić information content (AvgIpc) is 2.61. The lowest BCUT2D eigenvalue weighted by Crippen LogP contribution is -2.25. The lowest BCUT2D eigenvalue weighted by molar-refractivity contribution is -0.155. The van der Waals surface area contributed by atoms with Gasteiger partial charge in [-0.3, -0.25) is 4.79 Å². The van der Waals surface area contributed by atoms with E-state index in [1.54, 1.807) is 17.8 Å². The van der Waals surface area contributed by atoms with Gasteiger partial charge in [0.25, 0.3) is 0 Å². The molecule has 0 saturated heterocycles. The molecule has 0 fully saturated rings. The third-order valence-electron chi connectivity index (χ3n) is 4.11. The van der Waals surface area contributed by atoms with Crippen LogP contribution < -0.4 is 0 Å². The number of halogens is 2. The van der Waals surface area contributed by atoms with E-state index in [1.807, 2.05) is 45.0 Å². The second kappa shape index (κ2) is 8.98. The Morgan fingerprint density at radius 1 is 1.16 bits per heavy atom. The van der Waals surface area contributed by atoms with Gasteiger partial charge in [-0.05, 0) is 38.0 Å². The molecule has 134 valence electrons. The van der Waals surface area contributed by atoms with Gasteiger partial charge in [-0.1, -0.05) is 60.5 Å². The molecular formula is C20H22Cl2O2S. The van der Waals surface area contributed by atoms with Gasteiger partial charge >= 0.3 is 5.97 Å². The molecule has 0 atom stereocenters. The van der Waals surface area contributed by atoms with Gasteiger partial charge < -0.3 is 4.74 Å². The number of benzene rings is 2. The van der Waals surface area contributed by atoms with Crippen molar-refractivity contribution < 1.29 is 9.53 Å². The summed E-state index contributed by atoms with van der Waals surface area (Å²) in [5, 5.41) is 1.17. The minimum atomic E-state index is -0.504. The van der Waals surface area contributed by atoms with Crippen molar-refractivity contribution in [3.8, 4) is 0 Å². The zero-order valence-corrected chi connectivity index (χ0v) is 17.0. The molecule has 25 heavy (non-hydrogen) atoms. The highest BCUT2D eigenvalue weighted by atomic mass is 35.5. The van der Waals surface area contributed by atoms with E-state index in [-0.39, 0.29) is 12.6 Å². The quantitative estimate of drug-likeness (QED) is 0.381. The van der Waals surface area contributed by atoms with Crippen LogP contribution >= 0.6 is 35.0 Å². The average molecular weight is 397 g/mol. The molecule has 2 aromatic carbocycles. The van der Waals surface area contributed by atoms with Crippen molar-refractivity contribution in [3.63, 3.8) is 0 Å². The van der Waals surface area contributed by atoms with Crippen molar-refractivity contribution >= 4 is 40.9 Å². The van der Waals surface area contributed by atoms with E-state index in [0.29, 0.717) is 16.5 Å². The zero-order chi connectivity index (χ0) is 18.4. The summed E-state index contributed by atoms with van der Waals surface area (Å²) in [5.41, 5.74) is 1.43. The largest absolute Gasteiger partial charge is 0.460 e. The Balaban J connectivity index is 2.09. The Hall–Kier alpha value is -1.16. The van der Waals surface area contributed by atoms with Gasteiger partial charge in [-0.2, -0.15) is 0 Å². The highest BCUT2D eigenvalue weighted by Crippen LogP contribution is 2.35. The number of ether oxygens (including phenoxy) is 1. The van der Waals surface area contributed by atoms with Crippen LogP contribution in [0.25, 0.3) is 0 Å². The van der Waals surface area contributed by atoms with Crippen LogP contribution in [0.15, 0.2) is 47.4 Å². The first-order valence-corrected chi connectivity index (χ1v) is 9.89. The molecule has 0 aliphatic carbocycles. The highest BCUT2D eigenvalue weighted by molar-refractivity contribution is 7.98. The molecule has 0 N–H and O–H groups in total. The molecule has 2 aromatic rings. The maximum Gasteiger partial charge on any atom is 0.311 e. The van der Waals surface area contributed by atoms with E-state index in [4.69, 9.17) is 27.9 Å². The molecule has 0 unspecified atom stereocenters. The predicted molar refractivity (Wildman–Crippen MR) is 106 cm³/mol. The van der Waals surface area contributed by atoms with Gasteiger partial charge in [-0.15, -0.1) is 11.8 Å². The van der Waals surface area contributed by atoms with Crippen molar-refractivity contribution in [2.45, 2.75) is 44.4 Å². The van der Waals surface area contributed by atoms with Crippen molar-refractivity contribution in [1.82, 2.24) is 0 Å². The molecule has 2 nitrogen and oxygen atoms in total. The summed E-state index contributed by atoms with van der Waals surface area (Å²) in [7, 11) is 0. The fourth-order valence-electron chi connectivity index (χ4n) is 2.05. The molecule has 0 radical (unpaired) electrons. The van der Waals surface area contributed by atoms with E-state index in [9.17, 15) is 4.79 Å². The van der Waals surface area contributed by atoms with Crippen LogP contribution in [0.4, 0.5) is 0 Å². The predicted octanol–water partition coefficient (Wildman–Crippen LogP) is 6.77. The van der Waals surface area contributed by atoms with Gasteiger partial charge in [0.1, 0.15) is 6.61 Å². The maximum atomic E-state index is 12.2. The Labute approximate surface area is 163 Å². The molecule has 0 saturated carbocycles. The van der Waals surface area contributed by atoms with E-state index in [0.717, 1.165) is 16.2 Å². The van der Waals surface area contributed by atoms with Crippen molar-refractivity contribution in [1.29, 1.82) is 0 Å². The number of carbonyl (C=O) groups excluding carboxylic acids is 1. The van der Waals surface area contributed by atoms with Crippen LogP contribution in [0.1, 0.15) is 38.3 Å². The summed E-state index contributed by atoms with van der Waals surface area (Å²) >= 11 is 14.3. The van der Waals surface area contributed by atoms with Gasteiger partial charge in [0.05, 0.1) is 10.4 Å². The smallest absolute Gasteiger partial charge is 0.311 e. The third-order valence-corrected chi connectivity index (χ3v) is 6.00. The molecule has 0 aliphatic rings. The van der Waals surface area contributed by atoms with Crippen molar-refractivity contribution in [3.05, 3.63) is 63.6 Å². The Bertz CT molecular complexity index is 730. The summed E-state index contributed by atoms with van der Waals surface area (Å²) in [6, 6.07) is 13.7. The number of esters is 1. The van der Waals surface area contributed by atoms with E-state index < -0.39 is 5.41 Å². The van der Waals surface area contributed by atoms with Gasteiger partial charge in [0.15, 0.2) is 0 Å². The van der Waals surface area contributed by atoms with Crippen molar-refractivity contribution in [2.75, 3.05) is 0 Å². The standard InChI is InChI=1S/C20H22Cl2O2S/c1-4-20(2,3)19(23)24-12-15-10-16(21)11-17(18(15)22)25-13-14-8-6-5-7-9-14/h5-11H,4,12-13H2,1-3H3. The zero-order valence-electron chi connectivity index (χ0n) is 14.6. The van der Waals surface area contributed by atoms with Crippen LogP contribution in [-0.4, -0.2) is 5.97 Å². The third kappa shape index (κ3) is 5.67. The molecule has 0 amide bonds. The summed E-state index contributed by atoms with van der Waals surface area (Å²) in [5.74, 6) is 0.563. The number of hydrogen-bond donors (Lipinski definition) is 0. The molecule has 5 heteroatoms. The first-order valence-electron chi connectivity index (χ1n) is 8.15. The van der Waals surface area contributed by atoms with Gasteiger partial charge in [0, 0.05) is 21.2 Å². The molecular weight excluding hydrogens is 375 g/mol. The lowest BCUT2D eigenvalue weighted by atomic mass is 9.91. The molecule has 0 aromatic heterocycles. The van der Waals surface area contributed by atoms with E-state index >= 15 is 0 Å². The minimum absolute atomic E-state index is 0.126. The van der Waals surface area contributed by atoms with Crippen LogP contribution in [0.5, 0.6) is 0 Å². The van der Waals surface area contributed by atoms with Crippen LogP contribution in [-0.2, 0) is 21.9 Å². The second-order valence-electron chi connectivity index (χ2n) is 6.46. The van der Waals surface area contributed by atoms with Gasteiger partial charge in [0.2, 0.25) is 0 Å².